The van der Waals surface area contributed by atoms with E-state index in [2.05, 4.69) is 5.32 Å². The highest BCUT2D eigenvalue weighted by atomic mass is 16.6. The number of nitrogens with one attached hydrogen (secondary N) is 1. The normalized spacial score (nSPS) is 21.1. The van der Waals surface area contributed by atoms with E-state index in [1.54, 1.807) is 36.9 Å². The van der Waals surface area contributed by atoms with Crippen molar-refractivity contribution in [3.8, 4) is 5.75 Å². The molecule has 31 heavy (non-hydrogen) atoms. The van der Waals surface area contributed by atoms with Gasteiger partial charge < -0.3 is 24.0 Å². The number of guanidine groups is 1. The lowest BCUT2D eigenvalue weighted by Crippen LogP contribution is -2.58. The summed E-state index contributed by atoms with van der Waals surface area (Å²) in [7, 11) is 1.53. The number of para-hydroxylation sites is 1. The minimum Gasteiger partial charge on any atom is -0.496 e. The Labute approximate surface area is 181 Å². The van der Waals surface area contributed by atoms with E-state index >= 15 is 0 Å². The molecule has 10 heteroatoms. The molecule has 0 aromatic heterocycles. The molecule has 168 valence electrons. The number of rotatable bonds is 5. The number of carbonyl (C=O) groups excluding carboxylic acids is 3. The van der Waals surface area contributed by atoms with Gasteiger partial charge in [0.2, 0.25) is 11.9 Å². The molecule has 0 saturated carbocycles. The van der Waals surface area contributed by atoms with E-state index in [-0.39, 0.29) is 12.7 Å². The van der Waals surface area contributed by atoms with Crippen LogP contribution in [0.2, 0.25) is 0 Å². The molecule has 0 aliphatic carbocycles. The van der Waals surface area contributed by atoms with E-state index in [0.717, 1.165) is 0 Å². The molecule has 1 saturated heterocycles. The molecule has 0 bridgehead atoms. The van der Waals surface area contributed by atoms with Crippen molar-refractivity contribution in [3.63, 3.8) is 0 Å². The third-order valence-corrected chi connectivity index (χ3v) is 5.20. The highest BCUT2D eigenvalue weighted by molar-refractivity contribution is 6.08. The maximum Gasteiger partial charge on any atom is 0.409 e. The number of hydrogen-bond acceptors (Lipinski definition) is 8. The Kier molecular flexibility index (Phi) is 7.32. The first-order chi connectivity index (χ1) is 15.0. The third-order valence-electron chi connectivity index (χ3n) is 5.20. The second kappa shape index (κ2) is 10.1. The molecule has 1 N–H and O–H groups in total. The third kappa shape index (κ3) is 4.89. The molecule has 0 spiro atoms. The molecular formula is C21H28N4O6. The summed E-state index contributed by atoms with van der Waals surface area (Å²) in [6.07, 6.45) is -0.356. The predicted molar refractivity (Wildman–Crippen MR) is 112 cm³/mol. The smallest absolute Gasteiger partial charge is 0.409 e. The van der Waals surface area contributed by atoms with Crippen LogP contribution in [0.5, 0.6) is 5.75 Å². The summed E-state index contributed by atoms with van der Waals surface area (Å²) < 4.78 is 15.6. The number of aliphatic imine (C=N–C) groups is 1. The average molecular weight is 432 g/mol. The summed E-state index contributed by atoms with van der Waals surface area (Å²) in [6.45, 7) is 5.75. The molecule has 2 amide bonds. The summed E-state index contributed by atoms with van der Waals surface area (Å²) in [5, 5.41) is 2.74. The molecule has 10 nitrogen and oxygen atoms in total. The SMILES string of the molecule is CCOC(=O)[C@H]1C(=O)NC(N2CCN(C(=O)OCC)CC2)=N[C@@H]1c1ccccc1OC. The van der Waals surface area contributed by atoms with E-state index in [1.165, 1.54) is 7.11 Å². The number of nitrogens with zero attached hydrogens (tertiary/aromatic N) is 3. The van der Waals surface area contributed by atoms with Gasteiger partial charge in [-0.15, -0.1) is 0 Å². The number of ether oxygens (including phenoxy) is 3. The fourth-order valence-electron chi connectivity index (χ4n) is 3.67. The van der Waals surface area contributed by atoms with Gasteiger partial charge in [-0.2, -0.15) is 0 Å². The molecule has 1 aromatic rings. The Morgan fingerprint density at radius 1 is 1.10 bits per heavy atom. The van der Waals surface area contributed by atoms with Gasteiger partial charge in [0.05, 0.1) is 20.3 Å². The van der Waals surface area contributed by atoms with Crippen LogP contribution in [0.3, 0.4) is 0 Å². The van der Waals surface area contributed by atoms with Crippen LogP contribution in [0.1, 0.15) is 25.5 Å². The second-order valence-electron chi connectivity index (χ2n) is 7.03. The van der Waals surface area contributed by atoms with Crippen molar-refractivity contribution in [2.45, 2.75) is 19.9 Å². The largest absolute Gasteiger partial charge is 0.496 e. The molecule has 1 fully saturated rings. The van der Waals surface area contributed by atoms with Crippen LogP contribution in [-0.4, -0.2) is 80.2 Å². The summed E-state index contributed by atoms with van der Waals surface area (Å²) >= 11 is 0. The molecule has 2 aliphatic rings. The van der Waals surface area contributed by atoms with E-state index in [0.29, 0.717) is 50.1 Å². The Bertz CT molecular complexity index is 850. The number of hydrogen-bond donors (Lipinski definition) is 1. The van der Waals surface area contributed by atoms with Gasteiger partial charge in [0, 0.05) is 31.7 Å². The van der Waals surface area contributed by atoms with Crippen LogP contribution in [0.4, 0.5) is 4.79 Å². The summed E-state index contributed by atoms with van der Waals surface area (Å²) in [5.41, 5.74) is 0.626. The fourth-order valence-corrected chi connectivity index (χ4v) is 3.67. The van der Waals surface area contributed by atoms with Gasteiger partial charge in [-0.1, -0.05) is 18.2 Å². The van der Waals surface area contributed by atoms with Crippen LogP contribution in [0.25, 0.3) is 0 Å². The van der Waals surface area contributed by atoms with Crippen molar-refractivity contribution >= 4 is 23.9 Å². The quantitative estimate of drug-likeness (QED) is 0.549. The van der Waals surface area contributed by atoms with Crippen molar-refractivity contribution in [1.29, 1.82) is 0 Å². The van der Waals surface area contributed by atoms with Gasteiger partial charge in [0.15, 0.2) is 5.92 Å². The predicted octanol–water partition coefficient (Wildman–Crippen LogP) is 1.18. The van der Waals surface area contributed by atoms with Crippen molar-refractivity contribution in [1.82, 2.24) is 15.1 Å². The van der Waals surface area contributed by atoms with E-state index < -0.39 is 23.8 Å². The van der Waals surface area contributed by atoms with Crippen LogP contribution in [0, 0.1) is 5.92 Å². The summed E-state index contributed by atoms with van der Waals surface area (Å²) in [5.74, 6) is -1.34. The minimum absolute atomic E-state index is 0.160. The highest BCUT2D eigenvalue weighted by Crippen LogP contribution is 2.36. The Morgan fingerprint density at radius 2 is 1.77 bits per heavy atom. The number of benzene rings is 1. The van der Waals surface area contributed by atoms with E-state index in [1.807, 2.05) is 11.0 Å². The lowest BCUT2D eigenvalue weighted by atomic mass is 9.90. The lowest BCUT2D eigenvalue weighted by molar-refractivity contribution is -0.153. The average Bonchev–Trinajstić information content (AvgIpc) is 2.78. The van der Waals surface area contributed by atoms with E-state index in [4.69, 9.17) is 19.2 Å². The minimum atomic E-state index is -1.12. The van der Waals surface area contributed by atoms with Gasteiger partial charge in [-0.3, -0.25) is 14.9 Å². The van der Waals surface area contributed by atoms with Crippen LogP contribution in [-0.2, 0) is 19.1 Å². The zero-order chi connectivity index (χ0) is 22.4. The number of esters is 1. The molecule has 3 rings (SSSR count). The van der Waals surface area contributed by atoms with Gasteiger partial charge >= 0.3 is 12.1 Å². The maximum absolute atomic E-state index is 13.0. The second-order valence-corrected chi connectivity index (χ2v) is 7.03. The number of piperazine rings is 1. The van der Waals surface area contributed by atoms with Crippen molar-refractivity contribution < 1.29 is 28.6 Å². The molecule has 0 unspecified atom stereocenters. The fraction of sp³-hybridized carbons (Fsp3) is 0.524. The molecular weight excluding hydrogens is 404 g/mol. The molecule has 2 atom stereocenters. The zero-order valence-corrected chi connectivity index (χ0v) is 18.0. The summed E-state index contributed by atoms with van der Waals surface area (Å²) in [6, 6.07) is 6.37. The standard InChI is InChI=1S/C21H28N4O6/c1-4-30-19(27)16-17(14-8-6-7-9-15(14)29-3)22-20(23-18(16)26)24-10-12-25(13-11-24)21(28)31-5-2/h6-9,16-17H,4-5,10-13H2,1-3H3,(H,22,23,26)/t16-,17-/m1/s1. The first kappa shape index (κ1) is 22.4. The van der Waals surface area contributed by atoms with Gasteiger partial charge in [0.1, 0.15) is 11.8 Å². The number of amides is 2. The van der Waals surface area contributed by atoms with Crippen LogP contribution in [0.15, 0.2) is 29.3 Å². The van der Waals surface area contributed by atoms with Gasteiger partial charge in [-0.05, 0) is 19.9 Å². The van der Waals surface area contributed by atoms with Crippen molar-refractivity contribution in [2.75, 3.05) is 46.5 Å². The number of carbonyl (C=O) groups is 3. The lowest BCUT2D eigenvalue weighted by Gasteiger charge is -2.38. The maximum atomic E-state index is 13.0. The zero-order valence-electron chi connectivity index (χ0n) is 18.0. The molecule has 2 aliphatic heterocycles. The Balaban J connectivity index is 1.88. The Morgan fingerprint density at radius 3 is 2.42 bits per heavy atom. The van der Waals surface area contributed by atoms with Crippen molar-refractivity contribution in [2.24, 2.45) is 10.9 Å². The molecule has 0 radical (unpaired) electrons. The first-order valence-corrected chi connectivity index (χ1v) is 10.3. The first-order valence-electron chi connectivity index (χ1n) is 10.3. The van der Waals surface area contributed by atoms with Crippen LogP contribution >= 0.6 is 0 Å². The van der Waals surface area contributed by atoms with Gasteiger partial charge in [-0.25, -0.2) is 9.79 Å². The molecule has 1 aromatic carbocycles. The molecule has 2 heterocycles. The van der Waals surface area contributed by atoms with Gasteiger partial charge in [0.25, 0.3) is 0 Å². The Hall–Kier alpha value is -3.30. The topological polar surface area (TPSA) is 110 Å². The monoisotopic (exact) mass is 432 g/mol. The van der Waals surface area contributed by atoms with E-state index in [9.17, 15) is 14.4 Å². The van der Waals surface area contributed by atoms with Crippen molar-refractivity contribution in [3.05, 3.63) is 29.8 Å². The van der Waals surface area contributed by atoms with Crippen LogP contribution < -0.4 is 10.1 Å². The number of methoxy groups -OCH3 is 1. The highest BCUT2D eigenvalue weighted by Gasteiger charge is 2.43. The summed E-state index contributed by atoms with van der Waals surface area (Å²) in [4.78, 5) is 45.7.